The smallest absolute Gasteiger partial charge is 0.314 e. The van der Waals surface area contributed by atoms with Crippen LogP contribution in [0.2, 0.25) is 5.02 Å². The minimum absolute atomic E-state index is 0.236. The largest absolute Gasteiger partial charge is 0.416 e. The molecule has 1 aliphatic heterocycles. The Morgan fingerprint density at radius 1 is 1.32 bits per heavy atom. The van der Waals surface area contributed by atoms with Crippen LogP contribution in [0, 0.1) is 17.1 Å². The van der Waals surface area contributed by atoms with Crippen molar-refractivity contribution in [2.45, 2.75) is 18.6 Å². The minimum Gasteiger partial charge on any atom is -0.314 e. The first-order chi connectivity index (χ1) is 10.4. The van der Waals surface area contributed by atoms with E-state index in [1.165, 1.54) is 0 Å². The summed E-state index contributed by atoms with van der Waals surface area (Å²) in [4.78, 5) is 1.68. The van der Waals surface area contributed by atoms with Crippen LogP contribution >= 0.6 is 11.6 Å². The van der Waals surface area contributed by atoms with E-state index in [9.17, 15) is 17.6 Å². The summed E-state index contributed by atoms with van der Waals surface area (Å²) in [5, 5.41) is 11.6. The fraction of sp³-hybridized carbons (Fsp3) is 0.500. The van der Waals surface area contributed by atoms with E-state index < -0.39 is 29.2 Å². The summed E-state index contributed by atoms with van der Waals surface area (Å²) in [5.74, 6) is -1.10. The highest BCUT2D eigenvalue weighted by Crippen LogP contribution is 2.40. The summed E-state index contributed by atoms with van der Waals surface area (Å²) in [6.07, 6.45) is -4.94. The highest BCUT2D eigenvalue weighted by molar-refractivity contribution is 6.30. The number of hydrogen-bond acceptors (Lipinski definition) is 3. The Bertz CT molecular complexity index is 577. The maximum absolute atomic E-state index is 14.3. The van der Waals surface area contributed by atoms with Gasteiger partial charge in [-0.15, -0.1) is 0 Å². The van der Waals surface area contributed by atoms with Crippen LogP contribution in [0.1, 0.15) is 23.6 Å². The van der Waals surface area contributed by atoms with Crippen molar-refractivity contribution in [3.05, 3.63) is 34.1 Å². The molecule has 0 saturated carbocycles. The molecule has 0 radical (unpaired) electrons. The molecule has 0 unspecified atom stereocenters. The van der Waals surface area contributed by atoms with Crippen LogP contribution in [0.4, 0.5) is 17.6 Å². The van der Waals surface area contributed by atoms with Crippen LogP contribution in [0.25, 0.3) is 0 Å². The van der Waals surface area contributed by atoms with Crippen molar-refractivity contribution >= 4 is 11.6 Å². The minimum atomic E-state index is -4.71. The molecule has 1 aromatic carbocycles. The molecule has 0 amide bonds. The van der Waals surface area contributed by atoms with Gasteiger partial charge in [0.25, 0.3) is 0 Å². The van der Waals surface area contributed by atoms with E-state index in [0.29, 0.717) is 26.2 Å². The summed E-state index contributed by atoms with van der Waals surface area (Å²) in [7, 11) is 0. The molecule has 1 fully saturated rings. The maximum atomic E-state index is 14.3. The normalized spacial score (nSPS) is 18.0. The fourth-order valence-electron chi connectivity index (χ4n) is 2.63. The van der Waals surface area contributed by atoms with Gasteiger partial charge in [-0.25, -0.2) is 4.39 Å². The van der Waals surface area contributed by atoms with Crippen LogP contribution < -0.4 is 5.32 Å². The lowest BCUT2D eigenvalue weighted by Gasteiger charge is -2.35. The Morgan fingerprint density at radius 3 is 2.50 bits per heavy atom. The van der Waals surface area contributed by atoms with Gasteiger partial charge in [0.1, 0.15) is 5.82 Å². The third-order valence-electron chi connectivity index (χ3n) is 3.65. The second kappa shape index (κ2) is 6.82. The van der Waals surface area contributed by atoms with Gasteiger partial charge < -0.3 is 5.32 Å². The molecule has 1 aromatic rings. The van der Waals surface area contributed by atoms with Crippen molar-refractivity contribution in [1.29, 1.82) is 5.26 Å². The van der Waals surface area contributed by atoms with Crippen molar-refractivity contribution in [3.63, 3.8) is 0 Å². The molecule has 1 saturated heterocycles. The molecular weight excluding hydrogens is 322 g/mol. The summed E-state index contributed by atoms with van der Waals surface area (Å²) in [5.41, 5.74) is -1.61. The van der Waals surface area contributed by atoms with Gasteiger partial charge in [-0.1, -0.05) is 11.6 Å². The van der Waals surface area contributed by atoms with Crippen LogP contribution in [0.5, 0.6) is 0 Å². The van der Waals surface area contributed by atoms with Crippen molar-refractivity contribution in [2.24, 2.45) is 0 Å². The lowest BCUT2D eigenvalue weighted by Crippen LogP contribution is -2.45. The van der Waals surface area contributed by atoms with E-state index >= 15 is 0 Å². The summed E-state index contributed by atoms with van der Waals surface area (Å²) >= 11 is 5.66. The number of nitrogens with one attached hydrogen (secondary N) is 1. The zero-order valence-electron chi connectivity index (χ0n) is 11.6. The Hall–Kier alpha value is -1.36. The Morgan fingerprint density at radius 2 is 1.95 bits per heavy atom. The van der Waals surface area contributed by atoms with Gasteiger partial charge in [0.05, 0.1) is 29.1 Å². The van der Waals surface area contributed by atoms with E-state index in [-0.39, 0.29) is 11.4 Å². The quantitative estimate of drug-likeness (QED) is 0.861. The number of hydrogen-bond donors (Lipinski definition) is 1. The zero-order valence-corrected chi connectivity index (χ0v) is 12.3. The second-order valence-electron chi connectivity index (χ2n) is 4.98. The van der Waals surface area contributed by atoms with Crippen molar-refractivity contribution in [2.75, 3.05) is 26.2 Å². The van der Waals surface area contributed by atoms with E-state index in [1.807, 2.05) is 6.07 Å². The lowest BCUT2D eigenvalue weighted by molar-refractivity contribution is -0.139. The van der Waals surface area contributed by atoms with Crippen LogP contribution in [0.3, 0.4) is 0 Å². The van der Waals surface area contributed by atoms with Crippen LogP contribution in [0.15, 0.2) is 12.1 Å². The van der Waals surface area contributed by atoms with Gasteiger partial charge in [-0.3, -0.25) is 4.90 Å². The zero-order chi connectivity index (χ0) is 16.3. The molecule has 22 heavy (non-hydrogen) atoms. The summed E-state index contributed by atoms with van der Waals surface area (Å²) < 4.78 is 54.0. The first kappa shape index (κ1) is 17.0. The molecule has 1 atom stereocenters. The molecule has 2 rings (SSSR count). The first-order valence-corrected chi connectivity index (χ1v) is 7.11. The molecule has 1 heterocycles. The standard InChI is InChI=1S/C14H14ClF4N3/c15-10-2-1-9(14(17,18)19)12(13(10)16)11(3-4-20)22-7-5-21-6-8-22/h1-2,11,21H,3,5-8H2/t11-/m0/s1. The molecule has 8 heteroatoms. The van der Waals surface area contributed by atoms with Crippen molar-refractivity contribution < 1.29 is 17.6 Å². The van der Waals surface area contributed by atoms with Gasteiger partial charge in [0, 0.05) is 31.7 Å². The Kier molecular flexibility index (Phi) is 5.27. The molecular formula is C14H14ClF4N3. The highest BCUT2D eigenvalue weighted by Gasteiger charge is 2.39. The number of benzene rings is 1. The number of nitriles is 1. The van der Waals surface area contributed by atoms with Crippen molar-refractivity contribution in [3.8, 4) is 6.07 Å². The van der Waals surface area contributed by atoms with E-state index in [1.54, 1.807) is 4.90 Å². The molecule has 1 aliphatic rings. The highest BCUT2D eigenvalue weighted by atomic mass is 35.5. The lowest BCUT2D eigenvalue weighted by atomic mass is 9.95. The number of rotatable bonds is 3. The van der Waals surface area contributed by atoms with E-state index in [2.05, 4.69) is 5.32 Å². The van der Waals surface area contributed by atoms with Crippen LogP contribution in [-0.2, 0) is 6.18 Å². The van der Waals surface area contributed by atoms with Gasteiger partial charge in [0.2, 0.25) is 0 Å². The number of nitrogens with zero attached hydrogens (tertiary/aromatic N) is 2. The van der Waals surface area contributed by atoms with Crippen LogP contribution in [-0.4, -0.2) is 31.1 Å². The van der Waals surface area contributed by atoms with Gasteiger partial charge in [-0.2, -0.15) is 18.4 Å². The number of alkyl halides is 3. The second-order valence-corrected chi connectivity index (χ2v) is 5.39. The molecule has 0 aromatic heterocycles. The van der Waals surface area contributed by atoms with E-state index in [0.717, 1.165) is 12.1 Å². The van der Waals surface area contributed by atoms with Gasteiger partial charge in [0.15, 0.2) is 0 Å². The molecule has 0 aliphatic carbocycles. The SMILES string of the molecule is N#CC[C@@H](c1c(C(F)(F)F)ccc(Cl)c1F)N1CCNCC1. The third-order valence-corrected chi connectivity index (χ3v) is 3.94. The monoisotopic (exact) mass is 335 g/mol. The topological polar surface area (TPSA) is 39.1 Å². The maximum Gasteiger partial charge on any atom is 0.416 e. The van der Waals surface area contributed by atoms with E-state index in [4.69, 9.17) is 16.9 Å². The number of halogens is 5. The van der Waals surface area contributed by atoms with Crippen molar-refractivity contribution in [1.82, 2.24) is 10.2 Å². The Labute approximate surface area is 130 Å². The number of piperazine rings is 1. The Balaban J connectivity index is 2.54. The molecule has 0 spiro atoms. The summed E-state index contributed by atoms with van der Waals surface area (Å²) in [6, 6.07) is 2.54. The third kappa shape index (κ3) is 3.51. The molecule has 1 N–H and O–H groups in total. The first-order valence-electron chi connectivity index (χ1n) is 6.73. The fourth-order valence-corrected chi connectivity index (χ4v) is 2.80. The van der Waals surface area contributed by atoms with Gasteiger partial charge >= 0.3 is 6.18 Å². The molecule has 0 bridgehead atoms. The summed E-state index contributed by atoms with van der Waals surface area (Å²) in [6.45, 7) is 2.03. The predicted molar refractivity (Wildman–Crippen MR) is 73.8 cm³/mol. The average molecular weight is 336 g/mol. The predicted octanol–water partition coefficient (Wildman–Crippen LogP) is 3.36. The average Bonchev–Trinajstić information content (AvgIpc) is 2.47. The molecule has 120 valence electrons. The molecule has 3 nitrogen and oxygen atoms in total. The van der Waals surface area contributed by atoms with Gasteiger partial charge in [-0.05, 0) is 12.1 Å².